The maximum atomic E-state index is 13.2. The smallest absolute Gasteiger partial charge is 0.310 e. The van der Waals surface area contributed by atoms with Crippen LogP contribution in [0.3, 0.4) is 0 Å². The van der Waals surface area contributed by atoms with Gasteiger partial charge in [-0.2, -0.15) is 4.98 Å². The summed E-state index contributed by atoms with van der Waals surface area (Å²) in [6.07, 6.45) is 6.38. The molecule has 3 aromatic rings. The Balaban J connectivity index is 1.71. The molecule has 1 aliphatic rings. The van der Waals surface area contributed by atoms with E-state index in [2.05, 4.69) is 43.0 Å². The molecule has 0 aliphatic carbocycles. The summed E-state index contributed by atoms with van der Waals surface area (Å²) < 4.78 is 4.88. The van der Waals surface area contributed by atoms with Gasteiger partial charge in [0.05, 0.1) is 0 Å². The summed E-state index contributed by atoms with van der Waals surface area (Å²) in [6.45, 7) is 6.23. The minimum absolute atomic E-state index is 0.217. The highest BCUT2D eigenvalue weighted by atomic mass is 16.2. The monoisotopic (exact) mass is 409 g/mol. The molecule has 0 saturated carbocycles. The minimum Gasteiger partial charge on any atom is -0.310 e. The fourth-order valence-corrected chi connectivity index (χ4v) is 4.30. The van der Waals surface area contributed by atoms with E-state index in [1.807, 2.05) is 4.57 Å². The van der Waals surface area contributed by atoms with Crippen LogP contribution in [0.25, 0.3) is 11.2 Å². The van der Waals surface area contributed by atoms with Crippen LogP contribution < -0.4 is 16.1 Å². The Bertz CT molecular complexity index is 1150. The molecule has 0 atom stereocenters. The molecule has 3 heterocycles. The molecule has 4 rings (SSSR count). The zero-order valence-electron chi connectivity index (χ0n) is 18.2. The van der Waals surface area contributed by atoms with Gasteiger partial charge < -0.3 is 9.47 Å². The topological polar surface area (TPSA) is 65.1 Å². The Labute approximate surface area is 176 Å². The van der Waals surface area contributed by atoms with E-state index in [1.54, 1.807) is 7.05 Å². The van der Waals surface area contributed by atoms with E-state index in [0.29, 0.717) is 24.3 Å². The molecule has 0 saturated heterocycles. The summed E-state index contributed by atoms with van der Waals surface area (Å²) >= 11 is 0. The van der Waals surface area contributed by atoms with E-state index in [1.165, 1.54) is 27.5 Å². The second-order valence-corrected chi connectivity index (χ2v) is 8.12. The molecular weight excluding hydrogens is 378 g/mol. The quantitative estimate of drug-likeness (QED) is 0.534. The van der Waals surface area contributed by atoms with Crippen LogP contribution >= 0.6 is 0 Å². The van der Waals surface area contributed by atoms with Crippen LogP contribution in [-0.2, 0) is 26.6 Å². The molecule has 0 N–H and O–H groups in total. The van der Waals surface area contributed by atoms with Gasteiger partial charge in [0, 0.05) is 32.4 Å². The van der Waals surface area contributed by atoms with Crippen molar-refractivity contribution in [2.24, 2.45) is 7.05 Å². The van der Waals surface area contributed by atoms with Gasteiger partial charge in [-0.1, -0.05) is 51.7 Å². The van der Waals surface area contributed by atoms with Crippen LogP contribution in [0.5, 0.6) is 0 Å². The van der Waals surface area contributed by atoms with Crippen molar-refractivity contribution in [3.63, 3.8) is 0 Å². The number of aryl methyl sites for hydroxylation is 2. The lowest BCUT2D eigenvalue weighted by Gasteiger charge is -2.16. The molecule has 0 fully saturated rings. The van der Waals surface area contributed by atoms with Crippen molar-refractivity contribution >= 4 is 22.8 Å². The van der Waals surface area contributed by atoms with E-state index in [0.717, 1.165) is 43.9 Å². The number of hydrogen-bond donors (Lipinski definition) is 0. The van der Waals surface area contributed by atoms with Crippen LogP contribution in [0.15, 0.2) is 33.9 Å². The Hall–Kier alpha value is -2.83. The maximum Gasteiger partial charge on any atom is 0.332 e. The summed E-state index contributed by atoms with van der Waals surface area (Å²) in [5.41, 5.74) is 2.85. The number of nitrogens with zero attached hydrogens (tertiary/aromatic N) is 5. The first-order valence-electron chi connectivity index (χ1n) is 11.1. The second-order valence-electron chi connectivity index (χ2n) is 8.12. The molecule has 30 heavy (non-hydrogen) atoms. The van der Waals surface area contributed by atoms with Crippen molar-refractivity contribution in [1.29, 1.82) is 0 Å². The molecule has 7 heteroatoms. The first-order valence-corrected chi connectivity index (χ1v) is 11.1. The Morgan fingerprint density at radius 1 is 0.967 bits per heavy atom. The maximum absolute atomic E-state index is 13.2. The van der Waals surface area contributed by atoms with Crippen LogP contribution in [0.2, 0.25) is 0 Å². The van der Waals surface area contributed by atoms with E-state index < -0.39 is 0 Å². The van der Waals surface area contributed by atoms with Gasteiger partial charge in [0.1, 0.15) is 0 Å². The predicted molar refractivity (Wildman–Crippen MR) is 121 cm³/mol. The third-order valence-electron chi connectivity index (χ3n) is 6.14. The number of hydrogen-bond acceptors (Lipinski definition) is 4. The Morgan fingerprint density at radius 3 is 2.40 bits per heavy atom. The first kappa shape index (κ1) is 20.4. The molecule has 0 unspecified atom stereocenters. The third-order valence-corrected chi connectivity index (χ3v) is 6.14. The van der Waals surface area contributed by atoms with Gasteiger partial charge in [0.25, 0.3) is 5.56 Å². The SMILES string of the molecule is CCCCCCCn1c(=O)c2c(nc3n2CCN3c2ccc(CC)cc2)n(C)c1=O. The highest BCUT2D eigenvalue weighted by Gasteiger charge is 2.28. The molecular formula is C23H31N5O2. The molecule has 0 amide bonds. The van der Waals surface area contributed by atoms with Crippen LogP contribution in [0, 0.1) is 0 Å². The molecule has 7 nitrogen and oxygen atoms in total. The lowest BCUT2D eigenvalue weighted by molar-refractivity contribution is 0.531. The van der Waals surface area contributed by atoms with E-state index in [4.69, 9.17) is 4.98 Å². The standard InChI is InChI=1S/C23H31N5O2/c1-4-6-7-8-9-14-28-21(29)19-20(25(3)23(28)30)24-22-26(15-16-27(19)22)18-12-10-17(5-2)11-13-18/h10-13H,4-9,14-16H2,1-3H3. The first-order chi connectivity index (χ1) is 14.6. The van der Waals surface area contributed by atoms with Crippen molar-refractivity contribution < 1.29 is 0 Å². The number of unbranched alkanes of at least 4 members (excludes halogenated alkanes) is 4. The van der Waals surface area contributed by atoms with Crippen molar-refractivity contribution in [3.8, 4) is 0 Å². The van der Waals surface area contributed by atoms with Gasteiger partial charge in [-0.05, 0) is 30.5 Å². The van der Waals surface area contributed by atoms with E-state index >= 15 is 0 Å². The molecule has 2 aromatic heterocycles. The summed E-state index contributed by atoms with van der Waals surface area (Å²) in [7, 11) is 1.71. The number of aromatic nitrogens is 4. The normalized spacial score (nSPS) is 13.4. The van der Waals surface area contributed by atoms with Gasteiger partial charge in [-0.15, -0.1) is 0 Å². The lowest BCUT2D eigenvalue weighted by Crippen LogP contribution is -2.39. The van der Waals surface area contributed by atoms with Crippen molar-refractivity contribution in [2.45, 2.75) is 65.5 Å². The summed E-state index contributed by atoms with van der Waals surface area (Å²) in [4.78, 5) is 32.9. The predicted octanol–water partition coefficient (Wildman–Crippen LogP) is 3.58. The fraction of sp³-hybridized carbons (Fsp3) is 0.522. The number of benzene rings is 1. The minimum atomic E-state index is -0.279. The Morgan fingerprint density at radius 2 is 1.70 bits per heavy atom. The molecule has 1 aromatic carbocycles. The average molecular weight is 410 g/mol. The van der Waals surface area contributed by atoms with Gasteiger partial charge in [-0.25, -0.2) is 4.79 Å². The summed E-state index contributed by atoms with van der Waals surface area (Å²) in [5, 5.41) is 0. The fourth-order valence-electron chi connectivity index (χ4n) is 4.30. The molecule has 0 bridgehead atoms. The highest BCUT2D eigenvalue weighted by molar-refractivity contribution is 5.77. The van der Waals surface area contributed by atoms with Crippen LogP contribution in [0.4, 0.5) is 11.6 Å². The average Bonchev–Trinajstić information content (AvgIpc) is 3.34. The highest BCUT2D eigenvalue weighted by Crippen LogP contribution is 2.31. The zero-order chi connectivity index (χ0) is 21.3. The van der Waals surface area contributed by atoms with Crippen molar-refractivity contribution in [3.05, 3.63) is 50.7 Å². The van der Waals surface area contributed by atoms with E-state index in [-0.39, 0.29) is 11.2 Å². The third kappa shape index (κ3) is 3.46. The largest absolute Gasteiger partial charge is 0.332 e. The lowest BCUT2D eigenvalue weighted by atomic mass is 10.1. The van der Waals surface area contributed by atoms with Crippen molar-refractivity contribution in [2.75, 3.05) is 11.4 Å². The Kier molecular flexibility index (Phi) is 5.79. The zero-order valence-corrected chi connectivity index (χ0v) is 18.2. The van der Waals surface area contributed by atoms with E-state index in [9.17, 15) is 9.59 Å². The van der Waals surface area contributed by atoms with Gasteiger partial charge >= 0.3 is 5.69 Å². The van der Waals surface area contributed by atoms with Gasteiger partial charge in [-0.3, -0.25) is 13.9 Å². The molecule has 0 radical (unpaired) electrons. The van der Waals surface area contributed by atoms with Crippen molar-refractivity contribution in [1.82, 2.24) is 18.7 Å². The van der Waals surface area contributed by atoms with Crippen LogP contribution in [-0.4, -0.2) is 25.2 Å². The molecule has 1 aliphatic heterocycles. The van der Waals surface area contributed by atoms with Gasteiger partial charge in [0.15, 0.2) is 11.2 Å². The van der Waals surface area contributed by atoms with Crippen LogP contribution in [0.1, 0.15) is 51.5 Å². The molecule has 0 spiro atoms. The molecule has 160 valence electrons. The number of rotatable bonds is 8. The second kappa shape index (κ2) is 8.50. The van der Waals surface area contributed by atoms with Gasteiger partial charge in [0.2, 0.25) is 5.95 Å². The number of fused-ring (bicyclic) bond motifs is 3. The number of imidazole rings is 1. The summed E-state index contributed by atoms with van der Waals surface area (Å²) in [6, 6.07) is 8.45. The number of anilines is 2. The summed E-state index contributed by atoms with van der Waals surface area (Å²) in [5.74, 6) is 0.738.